The van der Waals surface area contributed by atoms with Crippen molar-refractivity contribution in [1.82, 2.24) is 14.9 Å². The van der Waals surface area contributed by atoms with E-state index in [0.29, 0.717) is 17.9 Å². The van der Waals surface area contributed by atoms with E-state index in [1.807, 2.05) is 0 Å². The summed E-state index contributed by atoms with van der Waals surface area (Å²) in [5.74, 6) is 2.02. The standard InChI is InChI=1S/C16H25N3/c1-10(2)14-9-15(12(5)19(6)11(3)4)18-16(17-14)13-7-8-13/h9-11,13H,5,7-8H2,1-4,6H3. The molecule has 1 aliphatic rings. The van der Waals surface area contributed by atoms with Crippen LogP contribution in [0.5, 0.6) is 0 Å². The van der Waals surface area contributed by atoms with E-state index in [-0.39, 0.29) is 0 Å². The van der Waals surface area contributed by atoms with E-state index in [1.165, 1.54) is 12.8 Å². The molecule has 0 atom stereocenters. The molecule has 104 valence electrons. The summed E-state index contributed by atoms with van der Waals surface area (Å²) in [7, 11) is 2.07. The van der Waals surface area contributed by atoms with Crippen LogP contribution in [0, 0.1) is 0 Å². The number of rotatable bonds is 5. The van der Waals surface area contributed by atoms with E-state index in [9.17, 15) is 0 Å². The Morgan fingerprint density at radius 3 is 2.37 bits per heavy atom. The number of aromatic nitrogens is 2. The van der Waals surface area contributed by atoms with Gasteiger partial charge in [0.15, 0.2) is 0 Å². The van der Waals surface area contributed by atoms with Crippen LogP contribution >= 0.6 is 0 Å². The van der Waals surface area contributed by atoms with Crippen molar-refractivity contribution in [1.29, 1.82) is 0 Å². The quantitative estimate of drug-likeness (QED) is 0.805. The Labute approximate surface area is 116 Å². The first-order chi connectivity index (χ1) is 8.90. The largest absolute Gasteiger partial charge is 0.371 e. The first-order valence-electron chi connectivity index (χ1n) is 7.21. The van der Waals surface area contributed by atoms with Gasteiger partial charge in [-0.1, -0.05) is 20.4 Å². The fourth-order valence-corrected chi connectivity index (χ4v) is 1.95. The van der Waals surface area contributed by atoms with E-state index in [0.717, 1.165) is 22.9 Å². The molecule has 3 nitrogen and oxygen atoms in total. The molecule has 0 N–H and O–H groups in total. The van der Waals surface area contributed by atoms with Crippen molar-refractivity contribution in [2.75, 3.05) is 7.05 Å². The predicted molar refractivity (Wildman–Crippen MR) is 80.0 cm³/mol. The first kappa shape index (κ1) is 14.0. The highest BCUT2D eigenvalue weighted by Crippen LogP contribution is 2.39. The third-order valence-electron chi connectivity index (χ3n) is 3.79. The van der Waals surface area contributed by atoms with Crippen LogP contribution in [0.2, 0.25) is 0 Å². The summed E-state index contributed by atoms with van der Waals surface area (Å²) < 4.78 is 0. The van der Waals surface area contributed by atoms with E-state index in [2.05, 4.69) is 52.3 Å². The third kappa shape index (κ3) is 3.14. The smallest absolute Gasteiger partial charge is 0.132 e. The average Bonchev–Trinajstić information content (AvgIpc) is 3.20. The summed E-state index contributed by atoms with van der Waals surface area (Å²) >= 11 is 0. The van der Waals surface area contributed by atoms with E-state index >= 15 is 0 Å². The maximum atomic E-state index is 4.73. The topological polar surface area (TPSA) is 29.0 Å². The monoisotopic (exact) mass is 259 g/mol. The third-order valence-corrected chi connectivity index (χ3v) is 3.79. The van der Waals surface area contributed by atoms with Gasteiger partial charge in [-0.15, -0.1) is 0 Å². The van der Waals surface area contributed by atoms with Crippen LogP contribution in [-0.4, -0.2) is 28.0 Å². The molecular formula is C16H25N3. The van der Waals surface area contributed by atoms with E-state index in [1.54, 1.807) is 0 Å². The van der Waals surface area contributed by atoms with Gasteiger partial charge in [0.1, 0.15) is 5.82 Å². The van der Waals surface area contributed by atoms with Crippen molar-refractivity contribution in [3.63, 3.8) is 0 Å². The molecule has 0 saturated heterocycles. The molecule has 0 aliphatic heterocycles. The van der Waals surface area contributed by atoms with Crippen molar-refractivity contribution in [3.05, 3.63) is 29.9 Å². The Morgan fingerprint density at radius 2 is 1.89 bits per heavy atom. The molecule has 1 aromatic rings. The van der Waals surface area contributed by atoms with Gasteiger partial charge in [0.05, 0.1) is 11.4 Å². The lowest BCUT2D eigenvalue weighted by atomic mass is 10.1. The second-order valence-electron chi connectivity index (χ2n) is 6.12. The normalized spacial score (nSPS) is 15.1. The summed E-state index contributed by atoms with van der Waals surface area (Å²) in [6.45, 7) is 12.9. The first-order valence-corrected chi connectivity index (χ1v) is 7.21. The molecule has 0 spiro atoms. The van der Waals surface area contributed by atoms with Crippen LogP contribution in [0.15, 0.2) is 12.6 Å². The molecule has 1 fully saturated rings. The summed E-state index contributed by atoms with van der Waals surface area (Å²) in [4.78, 5) is 11.6. The minimum atomic E-state index is 0.425. The lowest BCUT2D eigenvalue weighted by Crippen LogP contribution is -2.25. The Balaban J connectivity index is 2.36. The SMILES string of the molecule is C=C(c1cc(C(C)C)nc(C2CC2)n1)N(C)C(C)C. The van der Waals surface area contributed by atoms with Gasteiger partial charge in [-0.25, -0.2) is 9.97 Å². The fraction of sp³-hybridized carbons (Fsp3) is 0.625. The van der Waals surface area contributed by atoms with Gasteiger partial charge in [-0.05, 0) is 38.7 Å². The Bertz CT molecular complexity index is 453. The molecule has 0 bridgehead atoms. The summed E-state index contributed by atoms with van der Waals surface area (Å²) in [6, 6.07) is 2.52. The van der Waals surface area contributed by atoms with Gasteiger partial charge in [0, 0.05) is 24.7 Å². The molecular weight excluding hydrogens is 234 g/mol. The molecule has 0 unspecified atom stereocenters. The van der Waals surface area contributed by atoms with Gasteiger partial charge >= 0.3 is 0 Å². The molecule has 1 heterocycles. The second-order valence-corrected chi connectivity index (χ2v) is 6.12. The predicted octanol–water partition coefficient (Wildman–Crippen LogP) is 3.79. The van der Waals surface area contributed by atoms with E-state index < -0.39 is 0 Å². The van der Waals surface area contributed by atoms with Crippen LogP contribution in [0.4, 0.5) is 0 Å². The van der Waals surface area contributed by atoms with Crippen LogP contribution in [0.1, 0.15) is 69.6 Å². The van der Waals surface area contributed by atoms with Crippen molar-refractivity contribution < 1.29 is 0 Å². The lowest BCUT2D eigenvalue weighted by molar-refractivity contribution is 0.395. The zero-order chi connectivity index (χ0) is 14.2. The van der Waals surface area contributed by atoms with Crippen LogP contribution < -0.4 is 0 Å². The summed E-state index contributed by atoms with van der Waals surface area (Å²) in [6.07, 6.45) is 2.46. The molecule has 19 heavy (non-hydrogen) atoms. The highest BCUT2D eigenvalue weighted by Gasteiger charge is 2.28. The lowest BCUT2D eigenvalue weighted by Gasteiger charge is -2.26. The maximum absolute atomic E-state index is 4.73. The van der Waals surface area contributed by atoms with Crippen molar-refractivity contribution in [2.45, 2.75) is 58.4 Å². The summed E-state index contributed by atoms with van der Waals surface area (Å²) in [5.41, 5.74) is 3.10. The average molecular weight is 259 g/mol. The van der Waals surface area contributed by atoms with Gasteiger partial charge in [-0.3, -0.25) is 0 Å². The fourth-order valence-electron chi connectivity index (χ4n) is 1.95. The Hall–Kier alpha value is -1.38. The highest BCUT2D eigenvalue weighted by molar-refractivity contribution is 5.59. The minimum Gasteiger partial charge on any atom is -0.371 e. The molecule has 1 aromatic heterocycles. The van der Waals surface area contributed by atoms with E-state index in [4.69, 9.17) is 9.97 Å². The Morgan fingerprint density at radius 1 is 1.26 bits per heavy atom. The number of hydrogen-bond donors (Lipinski definition) is 0. The van der Waals surface area contributed by atoms with Crippen LogP contribution in [0.25, 0.3) is 5.70 Å². The molecule has 0 aromatic carbocycles. The van der Waals surface area contributed by atoms with Crippen LogP contribution in [0.3, 0.4) is 0 Å². The van der Waals surface area contributed by atoms with Gasteiger partial charge < -0.3 is 4.90 Å². The summed E-state index contributed by atoms with van der Waals surface area (Å²) in [5, 5.41) is 0. The van der Waals surface area contributed by atoms with Crippen molar-refractivity contribution in [3.8, 4) is 0 Å². The van der Waals surface area contributed by atoms with Gasteiger partial charge in [-0.2, -0.15) is 0 Å². The maximum Gasteiger partial charge on any atom is 0.132 e. The van der Waals surface area contributed by atoms with Gasteiger partial charge in [0.2, 0.25) is 0 Å². The molecule has 2 rings (SSSR count). The molecule has 1 saturated carbocycles. The zero-order valence-corrected chi connectivity index (χ0v) is 12.8. The van der Waals surface area contributed by atoms with Crippen molar-refractivity contribution >= 4 is 5.70 Å². The molecule has 0 amide bonds. The zero-order valence-electron chi connectivity index (χ0n) is 12.8. The van der Waals surface area contributed by atoms with Crippen LogP contribution in [-0.2, 0) is 0 Å². The number of hydrogen-bond acceptors (Lipinski definition) is 3. The van der Waals surface area contributed by atoms with Crippen molar-refractivity contribution in [2.24, 2.45) is 0 Å². The molecule has 0 radical (unpaired) electrons. The minimum absolute atomic E-state index is 0.425. The second kappa shape index (κ2) is 5.32. The molecule has 1 aliphatic carbocycles. The Kier molecular flexibility index (Phi) is 3.93. The highest BCUT2D eigenvalue weighted by atomic mass is 15.1. The molecule has 3 heteroatoms. The number of nitrogens with zero attached hydrogens (tertiary/aromatic N) is 3. The van der Waals surface area contributed by atoms with Gasteiger partial charge in [0.25, 0.3) is 0 Å².